The van der Waals surface area contributed by atoms with Gasteiger partial charge in [-0.05, 0) is 24.6 Å². The van der Waals surface area contributed by atoms with E-state index in [0.29, 0.717) is 31.1 Å². The maximum absolute atomic E-state index is 11.5. The van der Waals surface area contributed by atoms with Gasteiger partial charge in [0, 0.05) is 18.4 Å². The van der Waals surface area contributed by atoms with E-state index in [9.17, 15) is 4.79 Å². The number of rotatable bonds is 4. The zero-order valence-electron chi connectivity index (χ0n) is 11.1. The molecule has 104 valence electrons. The Morgan fingerprint density at radius 2 is 2.25 bits per heavy atom. The number of benzene rings is 1. The van der Waals surface area contributed by atoms with Crippen molar-refractivity contribution in [3.63, 3.8) is 0 Å². The molecule has 0 atom stereocenters. The molecule has 0 radical (unpaired) electrons. The number of carbonyl (C=O) groups is 1. The first-order valence-corrected chi connectivity index (χ1v) is 6.65. The summed E-state index contributed by atoms with van der Waals surface area (Å²) in [5, 5.41) is 0.780. The van der Waals surface area contributed by atoms with Crippen LogP contribution in [0, 0.1) is 0 Å². The summed E-state index contributed by atoms with van der Waals surface area (Å²) in [6, 6.07) is 5.53. The standard InChI is InChI=1S/C14H16N4O2/c15-14-11-8-10(3-4-12(11)16-9-17-14)20-7-6-18-5-1-2-13(18)19/h3-4,8-9H,1-2,5-7H2,(H2,15,16,17). The lowest BCUT2D eigenvalue weighted by Crippen LogP contribution is -2.29. The topological polar surface area (TPSA) is 81.3 Å². The normalized spacial score (nSPS) is 15.0. The van der Waals surface area contributed by atoms with E-state index in [4.69, 9.17) is 10.5 Å². The second-order valence-electron chi connectivity index (χ2n) is 4.77. The van der Waals surface area contributed by atoms with Crippen LogP contribution in [0.5, 0.6) is 5.75 Å². The van der Waals surface area contributed by atoms with Gasteiger partial charge < -0.3 is 15.4 Å². The van der Waals surface area contributed by atoms with Gasteiger partial charge in [-0.1, -0.05) is 0 Å². The number of ether oxygens (including phenoxy) is 1. The summed E-state index contributed by atoms with van der Waals surface area (Å²) < 4.78 is 5.67. The Bertz CT molecular complexity index is 644. The first kappa shape index (κ1) is 12.7. The Morgan fingerprint density at radius 1 is 1.35 bits per heavy atom. The van der Waals surface area contributed by atoms with Crippen LogP contribution < -0.4 is 10.5 Å². The van der Waals surface area contributed by atoms with Crippen LogP contribution in [-0.4, -0.2) is 40.5 Å². The molecule has 1 aromatic carbocycles. The van der Waals surface area contributed by atoms with Crippen molar-refractivity contribution in [2.45, 2.75) is 12.8 Å². The summed E-state index contributed by atoms with van der Waals surface area (Å²) in [6.07, 6.45) is 3.05. The molecule has 2 aromatic rings. The fraction of sp³-hybridized carbons (Fsp3) is 0.357. The summed E-state index contributed by atoms with van der Waals surface area (Å²) in [7, 11) is 0. The number of aromatic nitrogens is 2. The molecule has 0 bridgehead atoms. The van der Waals surface area contributed by atoms with Gasteiger partial charge in [-0.2, -0.15) is 0 Å². The third-order valence-electron chi connectivity index (χ3n) is 3.44. The molecule has 2 N–H and O–H groups in total. The second kappa shape index (κ2) is 5.32. The van der Waals surface area contributed by atoms with E-state index in [-0.39, 0.29) is 5.91 Å². The lowest BCUT2D eigenvalue weighted by Gasteiger charge is -2.15. The van der Waals surface area contributed by atoms with E-state index in [1.165, 1.54) is 6.33 Å². The van der Waals surface area contributed by atoms with Crippen LogP contribution in [0.25, 0.3) is 10.9 Å². The lowest BCUT2D eigenvalue weighted by molar-refractivity contribution is -0.128. The summed E-state index contributed by atoms with van der Waals surface area (Å²) in [5.41, 5.74) is 6.60. The number of hydrogen-bond donors (Lipinski definition) is 1. The van der Waals surface area contributed by atoms with Gasteiger partial charge in [0.2, 0.25) is 5.91 Å². The Kier molecular flexibility index (Phi) is 3.37. The van der Waals surface area contributed by atoms with E-state index in [1.54, 1.807) is 0 Å². The molecule has 0 unspecified atom stereocenters. The van der Waals surface area contributed by atoms with E-state index in [2.05, 4.69) is 9.97 Å². The highest BCUT2D eigenvalue weighted by Crippen LogP contribution is 2.22. The van der Waals surface area contributed by atoms with Gasteiger partial charge in [0.15, 0.2) is 0 Å². The van der Waals surface area contributed by atoms with Crippen molar-refractivity contribution >= 4 is 22.6 Å². The van der Waals surface area contributed by atoms with Crippen molar-refractivity contribution in [1.82, 2.24) is 14.9 Å². The number of likely N-dealkylation sites (tertiary alicyclic amines) is 1. The molecule has 1 aliphatic heterocycles. The van der Waals surface area contributed by atoms with Crippen LogP contribution in [0.3, 0.4) is 0 Å². The molecule has 1 fully saturated rings. The van der Waals surface area contributed by atoms with Crippen molar-refractivity contribution in [2.75, 3.05) is 25.4 Å². The number of hydrogen-bond acceptors (Lipinski definition) is 5. The first-order valence-electron chi connectivity index (χ1n) is 6.65. The number of amides is 1. The van der Waals surface area contributed by atoms with Gasteiger partial charge in [0.1, 0.15) is 24.5 Å². The molecule has 6 nitrogen and oxygen atoms in total. The minimum absolute atomic E-state index is 0.213. The highest BCUT2D eigenvalue weighted by atomic mass is 16.5. The number of anilines is 1. The smallest absolute Gasteiger partial charge is 0.222 e. The average molecular weight is 272 g/mol. The third-order valence-corrected chi connectivity index (χ3v) is 3.44. The Labute approximate surface area is 116 Å². The SMILES string of the molecule is Nc1ncnc2ccc(OCCN3CCCC3=O)cc12. The lowest BCUT2D eigenvalue weighted by atomic mass is 10.2. The van der Waals surface area contributed by atoms with Crippen LogP contribution in [0.15, 0.2) is 24.5 Å². The summed E-state index contributed by atoms with van der Waals surface area (Å²) in [6.45, 7) is 1.93. The molecular formula is C14H16N4O2. The highest BCUT2D eigenvalue weighted by molar-refractivity contribution is 5.88. The van der Waals surface area contributed by atoms with Crippen molar-refractivity contribution in [3.05, 3.63) is 24.5 Å². The van der Waals surface area contributed by atoms with Gasteiger partial charge >= 0.3 is 0 Å². The molecule has 6 heteroatoms. The van der Waals surface area contributed by atoms with Crippen LogP contribution in [-0.2, 0) is 4.79 Å². The van der Waals surface area contributed by atoms with Gasteiger partial charge in [-0.15, -0.1) is 0 Å². The van der Waals surface area contributed by atoms with Crippen molar-refractivity contribution in [3.8, 4) is 5.75 Å². The molecule has 3 rings (SSSR count). The first-order chi connectivity index (χ1) is 9.74. The van der Waals surface area contributed by atoms with Crippen LogP contribution >= 0.6 is 0 Å². The zero-order valence-corrected chi connectivity index (χ0v) is 11.1. The van der Waals surface area contributed by atoms with Crippen molar-refractivity contribution < 1.29 is 9.53 Å². The van der Waals surface area contributed by atoms with Crippen LogP contribution in [0.1, 0.15) is 12.8 Å². The molecule has 2 heterocycles. The maximum Gasteiger partial charge on any atom is 0.222 e. The molecular weight excluding hydrogens is 256 g/mol. The van der Waals surface area contributed by atoms with E-state index in [1.807, 2.05) is 23.1 Å². The Morgan fingerprint density at radius 3 is 3.05 bits per heavy atom. The second-order valence-corrected chi connectivity index (χ2v) is 4.77. The molecule has 0 spiro atoms. The van der Waals surface area contributed by atoms with Crippen molar-refractivity contribution in [1.29, 1.82) is 0 Å². The van der Waals surface area contributed by atoms with Gasteiger partial charge in [0.05, 0.1) is 12.1 Å². The highest BCUT2D eigenvalue weighted by Gasteiger charge is 2.19. The minimum Gasteiger partial charge on any atom is -0.492 e. The summed E-state index contributed by atoms with van der Waals surface area (Å²) >= 11 is 0. The van der Waals surface area contributed by atoms with E-state index >= 15 is 0 Å². The maximum atomic E-state index is 11.5. The van der Waals surface area contributed by atoms with E-state index < -0.39 is 0 Å². The van der Waals surface area contributed by atoms with Crippen LogP contribution in [0.2, 0.25) is 0 Å². The predicted octanol–water partition coefficient (Wildman–Crippen LogP) is 1.21. The van der Waals surface area contributed by atoms with Gasteiger partial charge in [0.25, 0.3) is 0 Å². The Hall–Kier alpha value is -2.37. The summed E-state index contributed by atoms with van der Waals surface area (Å²) in [4.78, 5) is 21.4. The monoisotopic (exact) mass is 272 g/mol. The largest absolute Gasteiger partial charge is 0.492 e. The zero-order chi connectivity index (χ0) is 13.9. The molecule has 20 heavy (non-hydrogen) atoms. The molecule has 1 amide bonds. The number of nitrogen functional groups attached to an aromatic ring is 1. The predicted molar refractivity (Wildman–Crippen MR) is 75.3 cm³/mol. The molecule has 1 aromatic heterocycles. The molecule has 1 saturated heterocycles. The molecule has 0 saturated carbocycles. The quantitative estimate of drug-likeness (QED) is 0.904. The number of nitrogens with two attached hydrogens (primary N) is 1. The summed E-state index contributed by atoms with van der Waals surface area (Å²) in [5.74, 6) is 1.37. The van der Waals surface area contributed by atoms with Gasteiger partial charge in [-0.25, -0.2) is 9.97 Å². The number of nitrogens with zero attached hydrogens (tertiary/aromatic N) is 3. The molecule has 0 aliphatic carbocycles. The Balaban J connectivity index is 1.65. The van der Waals surface area contributed by atoms with Gasteiger partial charge in [-0.3, -0.25) is 4.79 Å². The average Bonchev–Trinajstić information content (AvgIpc) is 2.85. The molecule has 1 aliphatic rings. The number of fused-ring (bicyclic) bond motifs is 1. The minimum atomic E-state index is 0.213. The fourth-order valence-electron chi connectivity index (χ4n) is 2.36. The number of carbonyl (C=O) groups excluding carboxylic acids is 1. The third kappa shape index (κ3) is 2.49. The van der Waals surface area contributed by atoms with E-state index in [0.717, 1.165) is 23.9 Å². The van der Waals surface area contributed by atoms with Crippen LogP contribution in [0.4, 0.5) is 5.82 Å². The fourth-order valence-corrected chi connectivity index (χ4v) is 2.36. The van der Waals surface area contributed by atoms with Crippen molar-refractivity contribution in [2.24, 2.45) is 0 Å².